The normalized spacial score (nSPS) is 10.3. The minimum atomic E-state index is -0.0568. The Balaban J connectivity index is 1.81. The first-order chi connectivity index (χ1) is 11.2. The van der Waals surface area contributed by atoms with E-state index in [1.165, 1.54) is 11.1 Å². The van der Waals surface area contributed by atoms with Gasteiger partial charge in [-0.05, 0) is 31.0 Å². The van der Waals surface area contributed by atoms with Gasteiger partial charge in [0.15, 0.2) is 0 Å². The second-order valence-corrected chi connectivity index (χ2v) is 5.73. The summed E-state index contributed by atoms with van der Waals surface area (Å²) in [7, 11) is 0. The summed E-state index contributed by atoms with van der Waals surface area (Å²) < 4.78 is 0. The Labute approximate surface area is 138 Å². The number of nitrogens with one attached hydrogen (secondary N) is 2. The lowest BCUT2D eigenvalue weighted by atomic mass is 10.1. The van der Waals surface area contributed by atoms with E-state index in [2.05, 4.69) is 53.7 Å². The van der Waals surface area contributed by atoms with Crippen LogP contribution in [0.4, 0.5) is 5.82 Å². The molecule has 0 fully saturated rings. The highest BCUT2D eigenvalue weighted by molar-refractivity contribution is 5.94. The average molecular weight is 311 g/mol. The summed E-state index contributed by atoms with van der Waals surface area (Å²) in [5, 5.41) is 6.18. The molecule has 0 aliphatic heterocycles. The molecule has 4 nitrogen and oxygen atoms in total. The highest BCUT2D eigenvalue weighted by atomic mass is 16.1. The third kappa shape index (κ3) is 5.74. The standard InChI is InChI=1S/C19H25N3O/c1-3-4-5-12-20-19(23)17-10-11-18(22-14-17)21-13-16-8-6-15(2)7-9-16/h6-11,14H,3-5,12-13H2,1-2H3,(H,20,23)(H,21,22). The predicted octanol–water partition coefficient (Wildman–Crippen LogP) is 3.92. The van der Waals surface area contributed by atoms with E-state index in [0.29, 0.717) is 5.56 Å². The molecular weight excluding hydrogens is 286 g/mol. The highest BCUT2D eigenvalue weighted by Gasteiger charge is 2.05. The molecule has 23 heavy (non-hydrogen) atoms. The molecular formula is C19H25N3O. The zero-order valence-corrected chi connectivity index (χ0v) is 13.9. The number of carbonyl (C=O) groups is 1. The Hall–Kier alpha value is -2.36. The van der Waals surface area contributed by atoms with Gasteiger partial charge in [-0.15, -0.1) is 0 Å². The lowest BCUT2D eigenvalue weighted by molar-refractivity contribution is 0.0952. The SMILES string of the molecule is CCCCCNC(=O)c1ccc(NCc2ccc(C)cc2)nc1. The van der Waals surface area contributed by atoms with Crippen molar-refractivity contribution in [1.29, 1.82) is 0 Å². The van der Waals surface area contributed by atoms with Crippen LogP contribution in [-0.4, -0.2) is 17.4 Å². The van der Waals surface area contributed by atoms with Crippen molar-refractivity contribution in [1.82, 2.24) is 10.3 Å². The van der Waals surface area contributed by atoms with Crippen LogP contribution < -0.4 is 10.6 Å². The fourth-order valence-electron chi connectivity index (χ4n) is 2.21. The molecule has 0 aliphatic carbocycles. The summed E-state index contributed by atoms with van der Waals surface area (Å²) in [6.07, 6.45) is 4.93. The van der Waals surface area contributed by atoms with E-state index in [1.54, 1.807) is 12.3 Å². The number of amides is 1. The molecule has 0 saturated carbocycles. The molecule has 4 heteroatoms. The van der Waals surface area contributed by atoms with E-state index in [1.807, 2.05) is 6.07 Å². The van der Waals surface area contributed by atoms with Gasteiger partial charge in [0, 0.05) is 19.3 Å². The number of carbonyl (C=O) groups excluding carboxylic acids is 1. The van der Waals surface area contributed by atoms with Gasteiger partial charge in [0.1, 0.15) is 5.82 Å². The maximum Gasteiger partial charge on any atom is 0.252 e. The predicted molar refractivity (Wildman–Crippen MR) is 94.6 cm³/mol. The molecule has 0 saturated heterocycles. The van der Waals surface area contributed by atoms with Crippen LogP contribution in [0.2, 0.25) is 0 Å². The van der Waals surface area contributed by atoms with Crippen LogP contribution in [-0.2, 0) is 6.54 Å². The second kappa shape index (κ2) is 8.93. The van der Waals surface area contributed by atoms with E-state index in [-0.39, 0.29) is 5.91 Å². The van der Waals surface area contributed by atoms with Crippen molar-refractivity contribution in [2.45, 2.75) is 39.7 Å². The van der Waals surface area contributed by atoms with E-state index >= 15 is 0 Å². The molecule has 0 unspecified atom stereocenters. The van der Waals surface area contributed by atoms with E-state index in [4.69, 9.17) is 0 Å². The number of nitrogens with zero attached hydrogens (tertiary/aromatic N) is 1. The van der Waals surface area contributed by atoms with Gasteiger partial charge in [0.05, 0.1) is 5.56 Å². The molecule has 122 valence electrons. The average Bonchev–Trinajstić information content (AvgIpc) is 2.58. The van der Waals surface area contributed by atoms with Crippen LogP contribution in [0.5, 0.6) is 0 Å². The monoisotopic (exact) mass is 311 g/mol. The fourth-order valence-corrected chi connectivity index (χ4v) is 2.21. The van der Waals surface area contributed by atoms with Crippen LogP contribution in [0.1, 0.15) is 47.7 Å². The molecule has 1 heterocycles. The number of unbranched alkanes of at least 4 members (excludes halogenated alkanes) is 2. The van der Waals surface area contributed by atoms with Crippen molar-refractivity contribution in [2.75, 3.05) is 11.9 Å². The van der Waals surface area contributed by atoms with Gasteiger partial charge >= 0.3 is 0 Å². The number of rotatable bonds is 8. The van der Waals surface area contributed by atoms with E-state index in [9.17, 15) is 4.79 Å². The smallest absolute Gasteiger partial charge is 0.252 e. The molecule has 0 radical (unpaired) electrons. The van der Waals surface area contributed by atoms with Crippen LogP contribution in [0.25, 0.3) is 0 Å². The summed E-state index contributed by atoms with van der Waals surface area (Å²) in [6, 6.07) is 12.0. The molecule has 2 rings (SSSR count). The van der Waals surface area contributed by atoms with Crippen molar-refractivity contribution in [3.8, 4) is 0 Å². The molecule has 1 amide bonds. The highest BCUT2D eigenvalue weighted by Crippen LogP contribution is 2.09. The van der Waals surface area contributed by atoms with Gasteiger partial charge in [-0.2, -0.15) is 0 Å². The van der Waals surface area contributed by atoms with E-state index < -0.39 is 0 Å². The van der Waals surface area contributed by atoms with Crippen LogP contribution in [0.3, 0.4) is 0 Å². The van der Waals surface area contributed by atoms with Crippen molar-refractivity contribution in [3.05, 3.63) is 59.3 Å². The first-order valence-corrected chi connectivity index (χ1v) is 8.22. The Morgan fingerprint density at radius 2 is 1.87 bits per heavy atom. The molecule has 0 aliphatic rings. The van der Waals surface area contributed by atoms with Gasteiger partial charge in [-0.1, -0.05) is 49.6 Å². The molecule has 1 aromatic carbocycles. The van der Waals surface area contributed by atoms with Crippen LogP contribution >= 0.6 is 0 Å². The number of hydrogen-bond donors (Lipinski definition) is 2. The first kappa shape index (κ1) is 17.0. The Morgan fingerprint density at radius 1 is 1.09 bits per heavy atom. The zero-order chi connectivity index (χ0) is 16.5. The van der Waals surface area contributed by atoms with Gasteiger partial charge in [0.25, 0.3) is 5.91 Å². The summed E-state index contributed by atoms with van der Waals surface area (Å²) in [6.45, 7) is 5.66. The van der Waals surface area contributed by atoms with Crippen LogP contribution in [0, 0.1) is 6.92 Å². The number of anilines is 1. The Morgan fingerprint density at radius 3 is 2.52 bits per heavy atom. The Bertz CT molecular complexity index is 606. The molecule has 0 bridgehead atoms. The number of benzene rings is 1. The quantitative estimate of drug-likeness (QED) is 0.726. The van der Waals surface area contributed by atoms with E-state index in [0.717, 1.165) is 38.2 Å². The molecule has 0 atom stereocenters. The first-order valence-electron chi connectivity index (χ1n) is 8.22. The minimum Gasteiger partial charge on any atom is -0.366 e. The van der Waals surface area contributed by atoms with Gasteiger partial charge < -0.3 is 10.6 Å². The molecule has 0 spiro atoms. The van der Waals surface area contributed by atoms with Gasteiger partial charge in [-0.3, -0.25) is 4.79 Å². The zero-order valence-electron chi connectivity index (χ0n) is 13.9. The lowest BCUT2D eigenvalue weighted by Crippen LogP contribution is -2.24. The van der Waals surface area contributed by atoms with Crippen molar-refractivity contribution in [2.24, 2.45) is 0 Å². The van der Waals surface area contributed by atoms with Gasteiger partial charge in [-0.25, -0.2) is 4.98 Å². The van der Waals surface area contributed by atoms with Crippen LogP contribution in [0.15, 0.2) is 42.6 Å². The number of hydrogen-bond acceptors (Lipinski definition) is 3. The molecule has 2 aromatic rings. The summed E-state index contributed by atoms with van der Waals surface area (Å²) >= 11 is 0. The van der Waals surface area contributed by atoms with Crippen molar-refractivity contribution in [3.63, 3.8) is 0 Å². The minimum absolute atomic E-state index is 0.0568. The van der Waals surface area contributed by atoms with Crippen molar-refractivity contribution >= 4 is 11.7 Å². The van der Waals surface area contributed by atoms with Crippen molar-refractivity contribution < 1.29 is 4.79 Å². The fraction of sp³-hybridized carbons (Fsp3) is 0.368. The molecule has 2 N–H and O–H groups in total. The maximum absolute atomic E-state index is 12.0. The largest absolute Gasteiger partial charge is 0.366 e. The maximum atomic E-state index is 12.0. The number of aromatic nitrogens is 1. The second-order valence-electron chi connectivity index (χ2n) is 5.73. The third-order valence-electron chi connectivity index (χ3n) is 3.69. The summed E-state index contributed by atoms with van der Waals surface area (Å²) in [5.41, 5.74) is 3.05. The lowest BCUT2D eigenvalue weighted by Gasteiger charge is -2.08. The summed E-state index contributed by atoms with van der Waals surface area (Å²) in [4.78, 5) is 16.3. The Kier molecular flexibility index (Phi) is 6.60. The number of pyridine rings is 1. The third-order valence-corrected chi connectivity index (χ3v) is 3.69. The van der Waals surface area contributed by atoms with Gasteiger partial charge in [0.2, 0.25) is 0 Å². The number of aryl methyl sites for hydroxylation is 1. The molecule has 1 aromatic heterocycles. The topological polar surface area (TPSA) is 54.0 Å². The summed E-state index contributed by atoms with van der Waals surface area (Å²) in [5.74, 6) is 0.715.